The van der Waals surface area contributed by atoms with Crippen molar-refractivity contribution in [3.8, 4) is 10.6 Å². The highest BCUT2D eigenvalue weighted by Gasteiger charge is 2.27. The molecule has 5 nitrogen and oxygen atoms in total. The van der Waals surface area contributed by atoms with E-state index >= 15 is 0 Å². The molecule has 0 bridgehead atoms. The van der Waals surface area contributed by atoms with Crippen molar-refractivity contribution in [2.45, 2.75) is 25.3 Å². The molecule has 1 unspecified atom stereocenters. The van der Waals surface area contributed by atoms with E-state index in [0.29, 0.717) is 6.42 Å². The van der Waals surface area contributed by atoms with E-state index in [2.05, 4.69) is 11.4 Å². The van der Waals surface area contributed by atoms with E-state index in [1.54, 1.807) is 22.7 Å². The average molecular weight is 345 g/mol. The number of nitrogens with one attached hydrogen (secondary N) is 1. The molecule has 4 N–H and O–H groups in total. The molecule has 1 aliphatic carbocycles. The molecule has 2 heterocycles. The lowest BCUT2D eigenvalue weighted by Crippen LogP contribution is -2.37. The van der Waals surface area contributed by atoms with Gasteiger partial charge in [0.1, 0.15) is 5.01 Å². The summed E-state index contributed by atoms with van der Waals surface area (Å²) >= 11 is 3.22. The van der Waals surface area contributed by atoms with Crippen LogP contribution in [0.25, 0.3) is 20.8 Å². The van der Waals surface area contributed by atoms with Crippen molar-refractivity contribution in [3.05, 3.63) is 34.7 Å². The van der Waals surface area contributed by atoms with Gasteiger partial charge < -0.3 is 16.2 Å². The highest BCUT2D eigenvalue weighted by atomic mass is 32.1. The molecule has 0 saturated heterocycles. The zero-order valence-electron chi connectivity index (χ0n) is 12.2. The molecule has 23 heavy (non-hydrogen) atoms. The van der Waals surface area contributed by atoms with Gasteiger partial charge in [-0.05, 0) is 30.5 Å². The number of rotatable bonds is 2. The van der Waals surface area contributed by atoms with Gasteiger partial charge in [0.2, 0.25) is 0 Å². The number of thiophene rings is 1. The Hall–Kier alpha value is -2.12. The van der Waals surface area contributed by atoms with Crippen LogP contribution in [-0.2, 0) is 12.8 Å². The number of hydrogen-bond donors (Lipinski definition) is 3. The number of hydrogen-bond acceptors (Lipinski definition) is 5. The Bertz CT molecular complexity index is 867. The van der Waals surface area contributed by atoms with E-state index in [0.717, 1.165) is 38.6 Å². The lowest BCUT2D eigenvalue weighted by molar-refractivity contribution is 0.188. The summed E-state index contributed by atoms with van der Waals surface area (Å²) in [6, 6.07) is 8.05. The predicted octanol–water partition coefficient (Wildman–Crippen LogP) is 3.73. The summed E-state index contributed by atoms with van der Waals surface area (Å²) in [6.45, 7) is 0. The van der Waals surface area contributed by atoms with Gasteiger partial charge in [-0.1, -0.05) is 12.1 Å². The van der Waals surface area contributed by atoms with Gasteiger partial charge in [-0.3, -0.25) is 0 Å². The lowest BCUT2D eigenvalue weighted by Gasteiger charge is -2.22. The molecule has 118 valence electrons. The number of nitrogens with zero attached hydrogens (tertiary/aromatic N) is 1. The van der Waals surface area contributed by atoms with Crippen molar-refractivity contribution in [1.82, 2.24) is 10.3 Å². The number of amides is 1. The third kappa shape index (κ3) is 2.55. The zero-order chi connectivity index (χ0) is 16.0. The highest BCUT2D eigenvalue weighted by molar-refractivity contribution is 7.22. The maximum atomic E-state index is 10.8. The normalized spacial score (nSPS) is 17.1. The van der Waals surface area contributed by atoms with E-state index in [-0.39, 0.29) is 6.04 Å². The van der Waals surface area contributed by atoms with Gasteiger partial charge in [0.15, 0.2) is 0 Å². The minimum absolute atomic E-state index is 0.0266. The smallest absolute Gasteiger partial charge is 0.404 e. The number of para-hydroxylation sites is 1. The summed E-state index contributed by atoms with van der Waals surface area (Å²) in [6.07, 6.45) is 1.38. The molecule has 1 atom stereocenters. The highest BCUT2D eigenvalue weighted by Crippen LogP contribution is 2.44. The predicted molar refractivity (Wildman–Crippen MR) is 94.3 cm³/mol. The van der Waals surface area contributed by atoms with Crippen LogP contribution in [0.15, 0.2) is 24.3 Å². The monoisotopic (exact) mass is 345 g/mol. The van der Waals surface area contributed by atoms with Crippen LogP contribution < -0.4 is 11.1 Å². The van der Waals surface area contributed by atoms with Crippen LogP contribution in [0.4, 0.5) is 9.80 Å². The van der Waals surface area contributed by atoms with Gasteiger partial charge in [-0.15, -0.1) is 22.7 Å². The fourth-order valence-corrected chi connectivity index (χ4v) is 5.43. The van der Waals surface area contributed by atoms with Crippen LogP contribution in [0.3, 0.4) is 0 Å². The number of benzene rings is 1. The molecule has 0 aliphatic heterocycles. The number of aromatic nitrogens is 1. The standard InChI is InChI=1S/C16H15N3O2S2/c17-14-13(15-19-10-3-1-2-4-11(10)23-15)9-6-5-8(18-16(20)21)7-12(9)22-14/h1-4,8,18H,5-7,17H2,(H,20,21). The summed E-state index contributed by atoms with van der Waals surface area (Å²) in [5.74, 6) is 0. The van der Waals surface area contributed by atoms with Crippen molar-refractivity contribution in [3.63, 3.8) is 0 Å². The Balaban J connectivity index is 1.73. The molecule has 1 aliphatic rings. The molecule has 0 spiro atoms. The summed E-state index contributed by atoms with van der Waals surface area (Å²) in [5.41, 5.74) is 9.56. The number of nitrogens with two attached hydrogens (primary N) is 1. The minimum atomic E-state index is -0.964. The maximum Gasteiger partial charge on any atom is 0.404 e. The molecule has 0 saturated carbocycles. The SMILES string of the molecule is Nc1sc2c(c1-c1nc3ccccc3s1)CCC(NC(=O)O)C2. The molecular formula is C16H15N3O2S2. The molecule has 3 aromatic rings. The first kappa shape index (κ1) is 14.5. The molecule has 2 aromatic heterocycles. The number of carbonyl (C=O) groups is 1. The molecule has 1 aromatic carbocycles. The number of thiazole rings is 1. The lowest BCUT2D eigenvalue weighted by atomic mass is 9.92. The maximum absolute atomic E-state index is 10.8. The Morgan fingerprint density at radius 1 is 1.35 bits per heavy atom. The van der Waals surface area contributed by atoms with E-state index in [1.165, 1.54) is 10.4 Å². The van der Waals surface area contributed by atoms with E-state index in [9.17, 15) is 4.79 Å². The number of anilines is 1. The second kappa shape index (κ2) is 5.50. The van der Waals surface area contributed by atoms with Crippen molar-refractivity contribution in [2.24, 2.45) is 0 Å². The number of nitrogen functional groups attached to an aromatic ring is 1. The summed E-state index contributed by atoms with van der Waals surface area (Å²) in [7, 11) is 0. The van der Waals surface area contributed by atoms with Crippen LogP contribution >= 0.6 is 22.7 Å². The first-order valence-corrected chi connectivity index (χ1v) is 9.00. The summed E-state index contributed by atoms with van der Waals surface area (Å²) < 4.78 is 1.16. The topological polar surface area (TPSA) is 88.2 Å². The third-order valence-corrected chi connectivity index (χ3v) is 6.27. The summed E-state index contributed by atoms with van der Waals surface area (Å²) in [5, 5.41) is 13.2. The fourth-order valence-electron chi connectivity index (χ4n) is 3.12. The quantitative estimate of drug-likeness (QED) is 0.660. The van der Waals surface area contributed by atoms with Crippen LogP contribution in [0.2, 0.25) is 0 Å². The van der Waals surface area contributed by atoms with Crippen LogP contribution in [0, 0.1) is 0 Å². The van der Waals surface area contributed by atoms with Crippen LogP contribution in [-0.4, -0.2) is 22.2 Å². The molecule has 0 radical (unpaired) electrons. The molecular weight excluding hydrogens is 330 g/mol. The molecule has 7 heteroatoms. The van der Waals surface area contributed by atoms with E-state index in [1.807, 2.05) is 18.2 Å². The molecule has 4 rings (SSSR count). The number of carboxylic acid groups (broad SMARTS) is 1. The van der Waals surface area contributed by atoms with Gasteiger partial charge in [0.25, 0.3) is 0 Å². The third-order valence-electron chi connectivity index (χ3n) is 4.13. The minimum Gasteiger partial charge on any atom is -0.465 e. The zero-order valence-corrected chi connectivity index (χ0v) is 13.8. The van der Waals surface area contributed by atoms with Gasteiger partial charge >= 0.3 is 6.09 Å². The Morgan fingerprint density at radius 2 is 2.17 bits per heavy atom. The number of fused-ring (bicyclic) bond motifs is 2. The van der Waals surface area contributed by atoms with Crippen molar-refractivity contribution >= 4 is 44.0 Å². The molecule has 1 amide bonds. The first-order valence-electron chi connectivity index (χ1n) is 7.37. The van der Waals surface area contributed by atoms with Crippen molar-refractivity contribution < 1.29 is 9.90 Å². The van der Waals surface area contributed by atoms with E-state index in [4.69, 9.17) is 15.8 Å². The fraction of sp³-hybridized carbons (Fsp3) is 0.250. The van der Waals surface area contributed by atoms with Crippen LogP contribution in [0.5, 0.6) is 0 Å². The van der Waals surface area contributed by atoms with Gasteiger partial charge in [-0.2, -0.15) is 0 Å². The average Bonchev–Trinajstić information content (AvgIpc) is 3.05. The van der Waals surface area contributed by atoms with Crippen molar-refractivity contribution in [2.75, 3.05) is 5.73 Å². The second-order valence-corrected chi connectivity index (χ2v) is 7.79. The van der Waals surface area contributed by atoms with Gasteiger partial charge in [0, 0.05) is 22.9 Å². The Labute approximate surface area is 140 Å². The van der Waals surface area contributed by atoms with Gasteiger partial charge in [-0.25, -0.2) is 9.78 Å². The Morgan fingerprint density at radius 3 is 2.96 bits per heavy atom. The first-order chi connectivity index (χ1) is 11.1. The second-order valence-electron chi connectivity index (χ2n) is 5.62. The molecule has 0 fully saturated rings. The Kier molecular flexibility index (Phi) is 3.46. The summed E-state index contributed by atoms with van der Waals surface area (Å²) in [4.78, 5) is 16.7. The van der Waals surface area contributed by atoms with E-state index < -0.39 is 6.09 Å². The van der Waals surface area contributed by atoms with Gasteiger partial charge in [0.05, 0.1) is 15.2 Å². The van der Waals surface area contributed by atoms with Crippen molar-refractivity contribution in [1.29, 1.82) is 0 Å². The van der Waals surface area contributed by atoms with Crippen LogP contribution in [0.1, 0.15) is 16.9 Å². The largest absolute Gasteiger partial charge is 0.465 e.